The van der Waals surface area contributed by atoms with Crippen LogP contribution < -0.4 is 4.90 Å². The quantitative estimate of drug-likeness (QED) is 0.817. The summed E-state index contributed by atoms with van der Waals surface area (Å²) in [6, 6.07) is 6.56. The van der Waals surface area contributed by atoms with Gasteiger partial charge in [0.25, 0.3) is 0 Å². The second kappa shape index (κ2) is 4.29. The third-order valence-electron chi connectivity index (χ3n) is 4.29. The molecule has 1 heterocycles. The summed E-state index contributed by atoms with van der Waals surface area (Å²) in [4.78, 5) is 2.38. The lowest BCUT2D eigenvalue weighted by molar-refractivity contribution is 0.184. The highest BCUT2D eigenvalue weighted by atomic mass is 16.5. The lowest BCUT2D eigenvalue weighted by atomic mass is 10.0. The van der Waals surface area contributed by atoms with Gasteiger partial charge in [-0.1, -0.05) is 6.07 Å². The average molecular weight is 242 g/mol. The fourth-order valence-corrected chi connectivity index (χ4v) is 3.05. The van der Waals surface area contributed by atoms with E-state index in [1.165, 1.54) is 6.42 Å². The molecule has 1 aliphatic heterocycles. The third kappa shape index (κ3) is 1.77. The summed E-state index contributed by atoms with van der Waals surface area (Å²) in [6.07, 6.45) is 1.39. The van der Waals surface area contributed by atoms with Crippen molar-refractivity contribution < 1.29 is 4.74 Å². The summed E-state index contributed by atoms with van der Waals surface area (Å²) in [5.74, 6) is 1.77. The van der Waals surface area contributed by atoms with E-state index >= 15 is 0 Å². The number of anilines is 1. The molecule has 1 saturated heterocycles. The zero-order valence-corrected chi connectivity index (χ0v) is 10.9. The Labute approximate surface area is 108 Å². The van der Waals surface area contributed by atoms with Crippen molar-refractivity contribution in [1.82, 2.24) is 0 Å². The number of ether oxygens (including phenoxy) is 1. The molecule has 3 nitrogen and oxygen atoms in total. The van der Waals surface area contributed by atoms with Gasteiger partial charge in [0.1, 0.15) is 6.07 Å². The van der Waals surface area contributed by atoms with Gasteiger partial charge >= 0.3 is 0 Å². The van der Waals surface area contributed by atoms with Gasteiger partial charge in [0.05, 0.1) is 17.9 Å². The van der Waals surface area contributed by atoms with Gasteiger partial charge in [-0.25, -0.2) is 0 Å². The zero-order chi connectivity index (χ0) is 12.7. The SMILES string of the molecule is COCc1ccc(N2CC3CC3C2)c(C#N)c1C. The second-order valence-corrected chi connectivity index (χ2v) is 5.45. The first-order chi connectivity index (χ1) is 8.74. The molecule has 1 aromatic rings. The monoisotopic (exact) mass is 242 g/mol. The van der Waals surface area contributed by atoms with E-state index in [1.807, 2.05) is 6.92 Å². The highest BCUT2D eigenvalue weighted by Crippen LogP contribution is 2.47. The number of methoxy groups -OCH3 is 1. The number of piperidine rings is 1. The largest absolute Gasteiger partial charge is 0.380 e. The van der Waals surface area contributed by atoms with Gasteiger partial charge in [-0.15, -0.1) is 0 Å². The highest BCUT2D eigenvalue weighted by molar-refractivity contribution is 5.65. The van der Waals surface area contributed by atoms with Crippen LogP contribution in [0.15, 0.2) is 12.1 Å². The summed E-state index contributed by atoms with van der Waals surface area (Å²) < 4.78 is 5.17. The second-order valence-electron chi connectivity index (χ2n) is 5.45. The van der Waals surface area contributed by atoms with Crippen LogP contribution in [-0.2, 0) is 11.3 Å². The molecule has 0 aromatic heterocycles. The molecule has 2 fully saturated rings. The molecule has 0 N–H and O–H groups in total. The maximum atomic E-state index is 9.41. The van der Waals surface area contributed by atoms with Gasteiger partial charge in [0.2, 0.25) is 0 Å². The Kier molecular flexibility index (Phi) is 2.76. The molecule has 1 aliphatic carbocycles. The van der Waals surface area contributed by atoms with Crippen molar-refractivity contribution in [3.63, 3.8) is 0 Å². The summed E-state index contributed by atoms with van der Waals surface area (Å²) in [5.41, 5.74) is 4.12. The van der Waals surface area contributed by atoms with Gasteiger partial charge in [-0.05, 0) is 42.4 Å². The predicted octanol–water partition coefficient (Wildman–Crippen LogP) is 2.47. The number of nitrogens with zero attached hydrogens (tertiary/aromatic N) is 2. The molecule has 0 amide bonds. The molecule has 3 heteroatoms. The Balaban J connectivity index is 1.94. The summed E-state index contributed by atoms with van der Waals surface area (Å²) >= 11 is 0. The molecule has 18 heavy (non-hydrogen) atoms. The van der Waals surface area contributed by atoms with Crippen molar-refractivity contribution in [3.8, 4) is 6.07 Å². The number of benzene rings is 1. The van der Waals surface area contributed by atoms with Gasteiger partial charge in [0.15, 0.2) is 0 Å². The molecule has 2 atom stereocenters. The van der Waals surface area contributed by atoms with Crippen LogP contribution in [0.3, 0.4) is 0 Å². The van der Waals surface area contributed by atoms with Crippen LogP contribution in [0, 0.1) is 30.1 Å². The van der Waals surface area contributed by atoms with Crippen molar-refractivity contribution in [2.45, 2.75) is 20.0 Å². The van der Waals surface area contributed by atoms with Crippen molar-refractivity contribution in [2.75, 3.05) is 25.1 Å². The first-order valence-corrected chi connectivity index (χ1v) is 6.51. The van der Waals surface area contributed by atoms with Crippen LogP contribution in [0.5, 0.6) is 0 Å². The van der Waals surface area contributed by atoms with E-state index in [0.717, 1.165) is 47.3 Å². The van der Waals surface area contributed by atoms with Crippen molar-refractivity contribution in [2.24, 2.45) is 11.8 Å². The normalized spacial score (nSPS) is 24.8. The number of rotatable bonds is 3. The van der Waals surface area contributed by atoms with Crippen molar-refractivity contribution >= 4 is 5.69 Å². The summed E-state index contributed by atoms with van der Waals surface area (Å²) in [6.45, 7) is 4.85. The maximum absolute atomic E-state index is 9.41. The van der Waals surface area contributed by atoms with E-state index in [1.54, 1.807) is 7.11 Å². The van der Waals surface area contributed by atoms with E-state index in [9.17, 15) is 5.26 Å². The Morgan fingerprint density at radius 1 is 1.39 bits per heavy atom. The fraction of sp³-hybridized carbons (Fsp3) is 0.533. The molecule has 3 rings (SSSR count). The molecule has 0 bridgehead atoms. The van der Waals surface area contributed by atoms with Crippen molar-refractivity contribution in [1.29, 1.82) is 5.26 Å². The lowest BCUT2D eigenvalue weighted by Gasteiger charge is -2.23. The van der Waals surface area contributed by atoms with E-state index < -0.39 is 0 Å². The molecule has 1 aromatic carbocycles. The molecule has 94 valence electrons. The van der Waals surface area contributed by atoms with Crippen LogP contribution in [0.25, 0.3) is 0 Å². The van der Waals surface area contributed by atoms with E-state index in [2.05, 4.69) is 23.1 Å². The standard InChI is InChI=1S/C15H18N2O/c1-10-11(9-18-2)3-4-15(14(10)6-16)17-7-12-5-13(12)8-17/h3-4,12-13H,5,7-9H2,1-2H3. The first kappa shape index (κ1) is 11.6. The minimum Gasteiger partial charge on any atom is -0.380 e. The minimum absolute atomic E-state index is 0.575. The Morgan fingerprint density at radius 2 is 2.11 bits per heavy atom. The fourth-order valence-electron chi connectivity index (χ4n) is 3.05. The van der Waals surface area contributed by atoms with Crippen LogP contribution in [0.2, 0.25) is 0 Å². The molecule has 2 aliphatic rings. The van der Waals surface area contributed by atoms with E-state index in [4.69, 9.17) is 4.74 Å². The average Bonchev–Trinajstić information content (AvgIpc) is 2.98. The number of hydrogen-bond donors (Lipinski definition) is 0. The molecule has 1 saturated carbocycles. The van der Waals surface area contributed by atoms with Gasteiger partial charge in [-0.2, -0.15) is 5.26 Å². The maximum Gasteiger partial charge on any atom is 0.102 e. The minimum atomic E-state index is 0.575. The van der Waals surface area contributed by atoms with Crippen LogP contribution >= 0.6 is 0 Å². The molecular formula is C15H18N2O. The molecule has 0 radical (unpaired) electrons. The lowest BCUT2D eigenvalue weighted by Crippen LogP contribution is -2.23. The predicted molar refractivity (Wildman–Crippen MR) is 70.4 cm³/mol. The Hall–Kier alpha value is -1.53. The topological polar surface area (TPSA) is 36.3 Å². The number of nitriles is 1. The number of hydrogen-bond acceptors (Lipinski definition) is 3. The van der Waals surface area contributed by atoms with Crippen LogP contribution in [0.4, 0.5) is 5.69 Å². The van der Waals surface area contributed by atoms with Gasteiger partial charge in [-0.3, -0.25) is 0 Å². The smallest absolute Gasteiger partial charge is 0.102 e. The van der Waals surface area contributed by atoms with Crippen LogP contribution in [-0.4, -0.2) is 20.2 Å². The summed E-state index contributed by atoms with van der Waals surface area (Å²) in [5, 5.41) is 9.41. The zero-order valence-electron chi connectivity index (χ0n) is 10.9. The first-order valence-electron chi connectivity index (χ1n) is 6.51. The molecule has 2 unspecified atom stereocenters. The van der Waals surface area contributed by atoms with Crippen LogP contribution in [0.1, 0.15) is 23.1 Å². The Bertz CT molecular complexity index is 508. The Morgan fingerprint density at radius 3 is 2.72 bits per heavy atom. The van der Waals surface area contributed by atoms with Crippen molar-refractivity contribution in [3.05, 3.63) is 28.8 Å². The van der Waals surface area contributed by atoms with E-state index in [0.29, 0.717) is 6.61 Å². The summed E-state index contributed by atoms with van der Waals surface area (Å²) in [7, 11) is 1.69. The highest BCUT2D eigenvalue weighted by Gasteiger charge is 2.45. The van der Waals surface area contributed by atoms with E-state index in [-0.39, 0.29) is 0 Å². The molecule has 0 spiro atoms. The van der Waals surface area contributed by atoms with Gasteiger partial charge < -0.3 is 9.64 Å². The third-order valence-corrected chi connectivity index (χ3v) is 4.29. The number of fused-ring (bicyclic) bond motifs is 1. The van der Waals surface area contributed by atoms with Gasteiger partial charge in [0, 0.05) is 20.2 Å². The molecular weight excluding hydrogens is 224 g/mol.